The maximum atomic E-state index is 12.8. The summed E-state index contributed by atoms with van der Waals surface area (Å²) >= 11 is 0. The highest BCUT2D eigenvalue weighted by atomic mass is 16.3. The summed E-state index contributed by atoms with van der Waals surface area (Å²) in [6.45, 7) is 5.64. The summed E-state index contributed by atoms with van der Waals surface area (Å²) in [5.41, 5.74) is 2.46. The summed E-state index contributed by atoms with van der Waals surface area (Å²) in [6, 6.07) is 12.3. The van der Waals surface area contributed by atoms with Gasteiger partial charge < -0.3 is 9.52 Å². The third-order valence-corrected chi connectivity index (χ3v) is 3.64. The molecule has 0 amide bonds. The highest BCUT2D eigenvalue weighted by molar-refractivity contribution is 5.82. The van der Waals surface area contributed by atoms with Crippen LogP contribution in [0.4, 0.5) is 0 Å². The molecule has 3 nitrogen and oxygen atoms in total. The molecule has 0 unspecified atom stereocenters. The number of fused-ring (bicyclic) bond motifs is 1. The number of rotatable bonds is 3. The fourth-order valence-electron chi connectivity index (χ4n) is 2.56. The van der Waals surface area contributed by atoms with Crippen LogP contribution in [0, 0.1) is 6.92 Å². The number of hydrogen-bond acceptors (Lipinski definition) is 3. The van der Waals surface area contributed by atoms with Crippen LogP contribution < -0.4 is 5.43 Å². The van der Waals surface area contributed by atoms with Gasteiger partial charge >= 0.3 is 0 Å². The van der Waals surface area contributed by atoms with Crippen LogP contribution in [0.2, 0.25) is 0 Å². The number of aromatic hydroxyl groups is 1. The van der Waals surface area contributed by atoms with E-state index in [1.165, 1.54) is 0 Å². The lowest BCUT2D eigenvalue weighted by molar-refractivity contribution is 0.474. The monoisotopic (exact) mass is 292 g/mol. The third kappa shape index (κ3) is 2.31. The van der Waals surface area contributed by atoms with Gasteiger partial charge in [0.1, 0.15) is 17.1 Å². The van der Waals surface area contributed by atoms with E-state index < -0.39 is 0 Å². The lowest BCUT2D eigenvalue weighted by Gasteiger charge is -2.10. The Morgan fingerprint density at radius 2 is 2.00 bits per heavy atom. The molecule has 3 rings (SSSR count). The van der Waals surface area contributed by atoms with Gasteiger partial charge in [-0.3, -0.25) is 4.79 Å². The quantitative estimate of drug-likeness (QED) is 0.736. The van der Waals surface area contributed by atoms with Gasteiger partial charge in [0.25, 0.3) is 0 Å². The van der Waals surface area contributed by atoms with Crippen LogP contribution in [0.25, 0.3) is 22.3 Å². The number of para-hydroxylation sites is 1. The minimum Gasteiger partial charge on any atom is -0.507 e. The van der Waals surface area contributed by atoms with Crippen molar-refractivity contribution < 1.29 is 9.52 Å². The fourth-order valence-corrected chi connectivity index (χ4v) is 2.56. The Morgan fingerprint density at radius 1 is 1.23 bits per heavy atom. The average Bonchev–Trinajstić information content (AvgIpc) is 2.51. The first kappa shape index (κ1) is 14.1. The minimum absolute atomic E-state index is 0.0805. The van der Waals surface area contributed by atoms with Crippen molar-refractivity contribution in [1.29, 1.82) is 0 Å². The molecule has 22 heavy (non-hydrogen) atoms. The van der Waals surface area contributed by atoms with Gasteiger partial charge in [0, 0.05) is 5.56 Å². The Labute approximate surface area is 128 Å². The Morgan fingerprint density at radius 3 is 2.73 bits per heavy atom. The zero-order valence-electron chi connectivity index (χ0n) is 12.3. The van der Waals surface area contributed by atoms with E-state index in [-0.39, 0.29) is 11.2 Å². The second-order valence-corrected chi connectivity index (χ2v) is 5.25. The second kappa shape index (κ2) is 5.53. The van der Waals surface area contributed by atoms with Crippen molar-refractivity contribution in [3.63, 3.8) is 0 Å². The molecule has 2 aromatic carbocycles. The summed E-state index contributed by atoms with van der Waals surface area (Å²) in [4.78, 5) is 12.8. The van der Waals surface area contributed by atoms with Crippen molar-refractivity contribution in [1.82, 2.24) is 0 Å². The molecule has 0 saturated carbocycles. The number of allylic oxidation sites excluding steroid dienone is 1. The third-order valence-electron chi connectivity index (χ3n) is 3.64. The van der Waals surface area contributed by atoms with E-state index in [2.05, 4.69) is 6.58 Å². The minimum atomic E-state index is -0.0805. The molecule has 1 N–H and O–H groups in total. The van der Waals surface area contributed by atoms with Crippen LogP contribution in [0.3, 0.4) is 0 Å². The highest BCUT2D eigenvalue weighted by Crippen LogP contribution is 2.32. The van der Waals surface area contributed by atoms with Gasteiger partial charge in [-0.1, -0.05) is 29.8 Å². The molecule has 0 fully saturated rings. The lowest BCUT2D eigenvalue weighted by atomic mass is 10.0. The predicted molar refractivity (Wildman–Crippen MR) is 88.2 cm³/mol. The van der Waals surface area contributed by atoms with Gasteiger partial charge in [-0.25, -0.2) is 0 Å². The van der Waals surface area contributed by atoms with Crippen molar-refractivity contribution in [2.75, 3.05) is 0 Å². The molecule has 0 saturated heterocycles. The van der Waals surface area contributed by atoms with E-state index in [9.17, 15) is 9.90 Å². The number of aryl methyl sites for hydroxylation is 1. The molecule has 1 aromatic heterocycles. The molecule has 3 heteroatoms. The van der Waals surface area contributed by atoms with E-state index in [0.717, 1.165) is 5.56 Å². The van der Waals surface area contributed by atoms with Crippen molar-refractivity contribution in [2.45, 2.75) is 13.3 Å². The van der Waals surface area contributed by atoms with Crippen LogP contribution in [0.1, 0.15) is 11.1 Å². The summed E-state index contributed by atoms with van der Waals surface area (Å²) in [5.74, 6) is 0.488. The van der Waals surface area contributed by atoms with E-state index in [4.69, 9.17) is 4.42 Å². The van der Waals surface area contributed by atoms with Crippen LogP contribution in [-0.4, -0.2) is 5.11 Å². The van der Waals surface area contributed by atoms with E-state index in [0.29, 0.717) is 34.3 Å². The van der Waals surface area contributed by atoms with Crippen molar-refractivity contribution in [3.05, 3.63) is 76.5 Å². The largest absolute Gasteiger partial charge is 0.507 e. The molecule has 110 valence electrons. The molecule has 3 aromatic rings. The molecule has 0 atom stereocenters. The van der Waals surface area contributed by atoms with Gasteiger partial charge in [-0.2, -0.15) is 0 Å². The van der Waals surface area contributed by atoms with Gasteiger partial charge in [0.15, 0.2) is 5.43 Å². The normalized spacial score (nSPS) is 10.8. The Hall–Kier alpha value is -2.81. The Kier molecular flexibility index (Phi) is 3.55. The molecule has 0 bridgehead atoms. The van der Waals surface area contributed by atoms with E-state index in [1.54, 1.807) is 36.4 Å². The average molecular weight is 292 g/mol. The van der Waals surface area contributed by atoms with Crippen LogP contribution in [0.5, 0.6) is 5.75 Å². The zero-order chi connectivity index (χ0) is 15.7. The topological polar surface area (TPSA) is 50.4 Å². The van der Waals surface area contributed by atoms with E-state index in [1.807, 2.05) is 19.1 Å². The molecule has 0 radical (unpaired) electrons. The molecule has 1 heterocycles. The van der Waals surface area contributed by atoms with Crippen molar-refractivity contribution in [2.24, 2.45) is 0 Å². The maximum Gasteiger partial charge on any atom is 0.196 e. The first-order valence-corrected chi connectivity index (χ1v) is 7.07. The van der Waals surface area contributed by atoms with Crippen LogP contribution in [0.15, 0.2) is 64.3 Å². The van der Waals surface area contributed by atoms with Gasteiger partial charge in [0.2, 0.25) is 0 Å². The maximum absolute atomic E-state index is 12.8. The summed E-state index contributed by atoms with van der Waals surface area (Å²) in [6.07, 6.45) is 2.05. The molecule has 0 aliphatic rings. The summed E-state index contributed by atoms with van der Waals surface area (Å²) in [7, 11) is 0. The van der Waals surface area contributed by atoms with Gasteiger partial charge in [0.05, 0.1) is 10.9 Å². The van der Waals surface area contributed by atoms with Crippen LogP contribution >= 0.6 is 0 Å². The number of phenols is 1. The van der Waals surface area contributed by atoms with Crippen molar-refractivity contribution in [3.8, 4) is 17.1 Å². The molecule has 0 spiro atoms. The first-order valence-electron chi connectivity index (χ1n) is 7.07. The number of phenolic OH excluding ortho intramolecular Hbond substituents is 1. The molecule has 0 aliphatic carbocycles. The van der Waals surface area contributed by atoms with Crippen molar-refractivity contribution >= 4 is 11.0 Å². The Bertz CT molecular complexity index is 920. The molecule has 0 aliphatic heterocycles. The first-order chi connectivity index (χ1) is 10.6. The summed E-state index contributed by atoms with van der Waals surface area (Å²) in [5, 5.41) is 10.6. The van der Waals surface area contributed by atoms with Gasteiger partial charge in [-0.05, 0) is 37.6 Å². The highest BCUT2D eigenvalue weighted by Gasteiger charge is 2.17. The van der Waals surface area contributed by atoms with E-state index >= 15 is 0 Å². The fraction of sp³-hybridized carbons (Fsp3) is 0.105. The lowest BCUT2D eigenvalue weighted by Crippen LogP contribution is -2.10. The molecular formula is C19H16O3. The van der Waals surface area contributed by atoms with Gasteiger partial charge in [-0.15, -0.1) is 6.58 Å². The second-order valence-electron chi connectivity index (χ2n) is 5.25. The summed E-state index contributed by atoms with van der Waals surface area (Å²) < 4.78 is 5.94. The smallest absolute Gasteiger partial charge is 0.196 e. The standard InChI is InChI=1S/C19H16O3/c1-3-6-14-18(21)15-11-12(2)9-10-17(15)22-19(14)13-7-4-5-8-16(13)20/h3-5,7-11,20H,1,6H2,2H3. The predicted octanol–water partition coefficient (Wildman–Crippen LogP) is 4.20. The SMILES string of the molecule is C=CCc1c(-c2ccccc2O)oc2ccc(C)cc2c1=O. The number of hydrogen-bond donors (Lipinski definition) is 1. The van der Waals surface area contributed by atoms with Crippen LogP contribution in [-0.2, 0) is 6.42 Å². The zero-order valence-corrected chi connectivity index (χ0v) is 12.3. The Balaban J connectivity index is 2.41. The number of benzene rings is 2. The molecular weight excluding hydrogens is 276 g/mol.